The third-order valence-corrected chi connectivity index (χ3v) is 6.73. The van der Waals surface area contributed by atoms with Crippen LogP contribution in [0.5, 0.6) is 5.75 Å². The molecule has 38 heavy (non-hydrogen) atoms. The number of benzene rings is 1. The summed E-state index contributed by atoms with van der Waals surface area (Å²) in [5.74, 6) is 0.999. The lowest BCUT2D eigenvalue weighted by Gasteiger charge is -2.31. The predicted octanol–water partition coefficient (Wildman–Crippen LogP) is 3.63. The van der Waals surface area contributed by atoms with E-state index in [2.05, 4.69) is 25.5 Å². The lowest BCUT2D eigenvalue weighted by molar-refractivity contribution is 0.0725. The summed E-state index contributed by atoms with van der Waals surface area (Å²) in [6.45, 7) is 10.1. The molecule has 1 aliphatic rings. The third-order valence-electron chi connectivity index (χ3n) is 6.36. The zero-order valence-electron chi connectivity index (χ0n) is 21.8. The molecule has 4 aromatic rings. The Morgan fingerprint density at radius 2 is 1.92 bits per heavy atom. The van der Waals surface area contributed by atoms with Crippen molar-refractivity contribution < 1.29 is 13.9 Å². The molecule has 1 N–H and O–H groups in total. The maximum atomic E-state index is 13.8. The number of aromatic nitrogens is 6. The molecule has 4 heterocycles. The number of rotatable bonds is 7. The Bertz CT molecular complexity index is 1590. The molecule has 0 atom stereocenters. The highest BCUT2D eigenvalue weighted by Gasteiger charge is 2.33. The van der Waals surface area contributed by atoms with E-state index in [0.717, 1.165) is 16.8 Å². The fraction of sp³-hybridized carbons (Fsp3) is 0.385. The van der Waals surface area contributed by atoms with Gasteiger partial charge in [0.1, 0.15) is 18.0 Å². The van der Waals surface area contributed by atoms with Crippen LogP contribution in [0.2, 0.25) is 5.02 Å². The highest BCUT2D eigenvalue weighted by molar-refractivity contribution is 6.35. The van der Waals surface area contributed by atoms with E-state index >= 15 is 0 Å². The molecule has 5 rings (SSSR count). The monoisotopic (exact) mass is 537 g/mol. The molecule has 0 fully saturated rings. The van der Waals surface area contributed by atoms with Gasteiger partial charge in [-0.15, -0.1) is 15.3 Å². The van der Waals surface area contributed by atoms with Crippen LogP contribution in [0.25, 0.3) is 11.3 Å². The summed E-state index contributed by atoms with van der Waals surface area (Å²) < 4.78 is 13.0. The lowest BCUT2D eigenvalue weighted by Crippen LogP contribution is -2.39. The minimum Gasteiger partial charge on any atom is -0.489 e. The maximum Gasteiger partial charge on any atom is 0.256 e. The number of ether oxygens (including phenoxy) is 1. The van der Waals surface area contributed by atoms with Gasteiger partial charge in [0, 0.05) is 30.3 Å². The number of nitrogens with one attached hydrogen (secondary N) is 1. The fourth-order valence-electron chi connectivity index (χ4n) is 4.69. The SMILES string of the molecule is Cc1cc(C)c(CN2CCc3c(-c4cn(Cc5nnc(C)o5)nn4)cc(OC(C)C)c(Cl)c3C2=O)c(=O)[nH]1. The Morgan fingerprint density at radius 3 is 2.61 bits per heavy atom. The van der Waals surface area contributed by atoms with Crippen molar-refractivity contribution >= 4 is 17.5 Å². The van der Waals surface area contributed by atoms with Gasteiger partial charge in [0.25, 0.3) is 11.5 Å². The van der Waals surface area contributed by atoms with Crippen molar-refractivity contribution in [3.63, 3.8) is 0 Å². The van der Waals surface area contributed by atoms with E-state index in [4.69, 9.17) is 20.8 Å². The van der Waals surface area contributed by atoms with Crippen LogP contribution < -0.4 is 10.3 Å². The highest BCUT2D eigenvalue weighted by Crippen LogP contribution is 2.41. The Balaban J connectivity index is 1.53. The van der Waals surface area contributed by atoms with Gasteiger partial charge in [-0.05, 0) is 57.4 Å². The summed E-state index contributed by atoms with van der Waals surface area (Å²) in [6.07, 6.45) is 2.11. The number of amides is 1. The summed E-state index contributed by atoms with van der Waals surface area (Å²) in [6, 6.07) is 3.71. The number of hydrogen-bond acceptors (Lipinski definition) is 8. The minimum absolute atomic E-state index is 0.168. The van der Waals surface area contributed by atoms with Crippen LogP contribution in [0.4, 0.5) is 0 Å². The number of hydrogen-bond donors (Lipinski definition) is 1. The number of aromatic amines is 1. The average Bonchev–Trinajstić information content (AvgIpc) is 3.47. The second-order valence-corrected chi connectivity index (χ2v) is 10.1. The molecule has 3 aromatic heterocycles. The normalized spacial score (nSPS) is 13.3. The number of pyridine rings is 1. The fourth-order valence-corrected chi connectivity index (χ4v) is 4.98. The second kappa shape index (κ2) is 10.1. The van der Waals surface area contributed by atoms with Crippen LogP contribution in [0, 0.1) is 20.8 Å². The number of aryl methyl sites for hydroxylation is 3. The number of carbonyl (C=O) groups is 1. The van der Waals surface area contributed by atoms with E-state index in [-0.39, 0.29) is 35.7 Å². The molecule has 0 bridgehead atoms. The smallest absolute Gasteiger partial charge is 0.256 e. The van der Waals surface area contributed by atoms with Crippen molar-refractivity contribution in [2.75, 3.05) is 6.54 Å². The molecular formula is C26H28ClN7O4. The molecule has 1 aromatic carbocycles. The van der Waals surface area contributed by atoms with Crippen molar-refractivity contribution in [3.05, 3.63) is 73.4 Å². The van der Waals surface area contributed by atoms with Gasteiger partial charge in [0.15, 0.2) is 0 Å². The van der Waals surface area contributed by atoms with Crippen molar-refractivity contribution in [2.45, 2.75) is 60.2 Å². The number of H-pyrrole nitrogens is 1. The van der Waals surface area contributed by atoms with E-state index < -0.39 is 0 Å². The third kappa shape index (κ3) is 4.93. The molecule has 0 unspecified atom stereocenters. The molecule has 0 saturated carbocycles. The van der Waals surface area contributed by atoms with Crippen LogP contribution in [-0.2, 0) is 19.5 Å². The second-order valence-electron chi connectivity index (χ2n) is 9.69. The first-order valence-corrected chi connectivity index (χ1v) is 12.7. The molecule has 0 aliphatic carbocycles. The average molecular weight is 538 g/mol. The van der Waals surface area contributed by atoms with Gasteiger partial charge in [-0.1, -0.05) is 16.8 Å². The lowest BCUT2D eigenvalue weighted by atomic mass is 9.91. The standard InChI is InChI=1S/C26H28ClN7O4/c1-13(2)37-21-9-18(20-11-34(32-30-20)12-22-31-29-16(5)38-22)17-6-7-33(26(36)23(17)24(21)27)10-19-14(3)8-15(4)28-25(19)35/h8-9,11,13H,6-7,10,12H2,1-5H3,(H,28,35). The summed E-state index contributed by atoms with van der Waals surface area (Å²) >= 11 is 6.78. The molecule has 11 nitrogen and oxygen atoms in total. The van der Waals surface area contributed by atoms with Crippen LogP contribution in [0.1, 0.15) is 58.4 Å². The van der Waals surface area contributed by atoms with Gasteiger partial charge in [-0.25, -0.2) is 4.68 Å². The molecule has 12 heteroatoms. The topological polar surface area (TPSA) is 132 Å². The Morgan fingerprint density at radius 1 is 1.13 bits per heavy atom. The van der Waals surface area contributed by atoms with E-state index in [1.807, 2.05) is 39.8 Å². The summed E-state index contributed by atoms with van der Waals surface area (Å²) in [4.78, 5) is 30.9. The van der Waals surface area contributed by atoms with Crippen molar-refractivity contribution in [3.8, 4) is 17.0 Å². The van der Waals surface area contributed by atoms with Gasteiger partial charge < -0.3 is 19.0 Å². The highest BCUT2D eigenvalue weighted by atomic mass is 35.5. The first kappa shape index (κ1) is 25.7. The van der Waals surface area contributed by atoms with Crippen LogP contribution in [0.3, 0.4) is 0 Å². The zero-order chi connectivity index (χ0) is 27.1. The molecule has 1 aliphatic heterocycles. The first-order valence-electron chi connectivity index (χ1n) is 12.3. The summed E-state index contributed by atoms with van der Waals surface area (Å²) in [5.41, 5.74) is 4.37. The van der Waals surface area contributed by atoms with Crippen molar-refractivity contribution in [2.24, 2.45) is 0 Å². The quantitative estimate of drug-likeness (QED) is 0.378. The van der Waals surface area contributed by atoms with Gasteiger partial charge in [0.2, 0.25) is 11.8 Å². The predicted molar refractivity (Wildman–Crippen MR) is 139 cm³/mol. The molecule has 0 radical (unpaired) electrons. The molecule has 198 valence electrons. The van der Waals surface area contributed by atoms with E-state index in [1.165, 1.54) is 0 Å². The number of carbonyl (C=O) groups excluding carboxylic acids is 1. The van der Waals surface area contributed by atoms with Gasteiger partial charge in [-0.2, -0.15) is 0 Å². The van der Waals surface area contributed by atoms with Gasteiger partial charge in [0.05, 0.1) is 29.4 Å². The zero-order valence-corrected chi connectivity index (χ0v) is 22.6. The Hall–Kier alpha value is -3.99. The van der Waals surface area contributed by atoms with Crippen molar-refractivity contribution in [1.82, 2.24) is 35.1 Å². The summed E-state index contributed by atoms with van der Waals surface area (Å²) in [5, 5.41) is 16.6. The number of halogens is 1. The number of fused-ring (bicyclic) bond motifs is 1. The Kier molecular flexibility index (Phi) is 6.78. The van der Waals surface area contributed by atoms with E-state index in [1.54, 1.807) is 22.7 Å². The van der Waals surface area contributed by atoms with E-state index in [9.17, 15) is 9.59 Å². The molecule has 1 amide bonds. The molecule has 0 saturated heterocycles. The maximum absolute atomic E-state index is 13.8. The van der Waals surface area contributed by atoms with Gasteiger partial charge in [-0.3, -0.25) is 9.59 Å². The number of nitrogens with zero attached hydrogens (tertiary/aromatic N) is 6. The molecular weight excluding hydrogens is 510 g/mol. The minimum atomic E-state index is -0.264. The van der Waals surface area contributed by atoms with Crippen LogP contribution >= 0.6 is 11.6 Å². The van der Waals surface area contributed by atoms with Crippen LogP contribution in [-0.4, -0.2) is 53.6 Å². The Labute approximate surface area is 223 Å². The van der Waals surface area contributed by atoms with Crippen molar-refractivity contribution in [1.29, 1.82) is 0 Å². The van der Waals surface area contributed by atoms with Crippen LogP contribution in [0.15, 0.2) is 27.5 Å². The van der Waals surface area contributed by atoms with Gasteiger partial charge >= 0.3 is 0 Å². The first-order chi connectivity index (χ1) is 18.1. The largest absolute Gasteiger partial charge is 0.489 e. The summed E-state index contributed by atoms with van der Waals surface area (Å²) in [7, 11) is 0. The van der Waals surface area contributed by atoms with E-state index in [0.29, 0.717) is 52.9 Å². The molecule has 0 spiro atoms.